The first-order valence-corrected chi connectivity index (χ1v) is 8.85. The molecule has 0 spiro atoms. The Morgan fingerprint density at radius 2 is 2.05 bits per heavy atom. The molecule has 1 heterocycles. The first-order valence-electron chi connectivity index (χ1n) is 6.91. The Bertz CT molecular complexity index is 752. The van der Waals surface area contributed by atoms with E-state index in [0.29, 0.717) is 6.54 Å². The van der Waals surface area contributed by atoms with Gasteiger partial charge in [0.2, 0.25) is 0 Å². The van der Waals surface area contributed by atoms with Gasteiger partial charge in [0.1, 0.15) is 0 Å². The number of rotatable bonds is 3. The summed E-state index contributed by atoms with van der Waals surface area (Å²) in [6.45, 7) is 0.341. The molecule has 0 fully saturated rings. The minimum absolute atomic E-state index is 0.0340. The molecule has 0 N–H and O–H groups in total. The van der Waals surface area contributed by atoms with Crippen molar-refractivity contribution in [3.63, 3.8) is 0 Å². The Kier molecular flexibility index (Phi) is 4.43. The van der Waals surface area contributed by atoms with Crippen LogP contribution in [-0.2, 0) is 0 Å². The van der Waals surface area contributed by atoms with Gasteiger partial charge in [0, 0.05) is 0 Å². The topological polar surface area (TPSA) is 48.6 Å². The number of nitrogens with zero attached hydrogens (tertiary/aromatic N) is 3. The summed E-state index contributed by atoms with van der Waals surface area (Å²) >= 11 is 0.789. The molecule has 3 radical (unpaired) electrons. The van der Waals surface area contributed by atoms with Crippen LogP contribution in [0.1, 0.15) is 17.2 Å². The van der Waals surface area contributed by atoms with E-state index in [1.54, 1.807) is 7.11 Å². The number of hydrogen-bond donors (Lipinski definition) is 0. The number of methoxy groups -OCH3 is 1. The molecule has 3 rings (SSSR count). The second-order valence-electron chi connectivity index (χ2n) is 4.96. The van der Waals surface area contributed by atoms with Gasteiger partial charge < -0.3 is 0 Å². The third kappa shape index (κ3) is 2.73. The normalized spacial score (nSPS) is 16.5. The predicted molar refractivity (Wildman–Crippen MR) is 86.4 cm³/mol. The van der Waals surface area contributed by atoms with Crippen molar-refractivity contribution in [2.75, 3.05) is 13.7 Å². The summed E-state index contributed by atoms with van der Waals surface area (Å²) in [5.41, 5.74) is 3.22. The van der Waals surface area contributed by atoms with Crippen molar-refractivity contribution in [3.05, 3.63) is 59.7 Å². The van der Waals surface area contributed by atoms with Crippen LogP contribution in [0.25, 0.3) is 0 Å². The maximum absolute atomic E-state index is 9.18. The molecule has 0 aromatic heterocycles. The third-order valence-corrected chi connectivity index (χ3v) is 5.25. The molecule has 0 aliphatic carbocycles. The molecule has 4 nitrogen and oxygen atoms in total. The zero-order valence-corrected chi connectivity index (χ0v) is 16.0. The van der Waals surface area contributed by atoms with Gasteiger partial charge in [-0.05, 0) is 0 Å². The monoisotopic (exact) mass is 484 g/mol. The van der Waals surface area contributed by atoms with Gasteiger partial charge in [-0.3, -0.25) is 0 Å². The minimum atomic E-state index is 0.0340. The van der Waals surface area contributed by atoms with E-state index in [4.69, 9.17) is 9.73 Å². The quantitative estimate of drug-likeness (QED) is 0.499. The van der Waals surface area contributed by atoms with Crippen LogP contribution >= 0.6 is 0 Å². The number of amidine groups is 1. The molecule has 1 atom stereocenters. The number of aliphatic imine (C=N–C) groups is 1. The van der Waals surface area contributed by atoms with Crippen molar-refractivity contribution in [3.8, 4) is 11.8 Å². The Morgan fingerprint density at radius 1 is 1.27 bits per heavy atom. The van der Waals surface area contributed by atoms with Crippen LogP contribution in [0.2, 0.25) is 0 Å². The Labute approximate surface area is 145 Å². The Morgan fingerprint density at radius 3 is 2.73 bits per heavy atom. The summed E-state index contributed by atoms with van der Waals surface area (Å²) in [4.78, 5) is 6.80. The predicted octanol–water partition coefficient (Wildman–Crippen LogP) is 2.78. The van der Waals surface area contributed by atoms with Crippen molar-refractivity contribution in [2.24, 2.45) is 4.99 Å². The van der Waals surface area contributed by atoms with Crippen molar-refractivity contribution in [2.45, 2.75) is 6.04 Å². The summed E-state index contributed by atoms with van der Waals surface area (Å²) in [6.07, 6.45) is 0. The summed E-state index contributed by atoms with van der Waals surface area (Å²) in [7, 11) is 1.66. The zero-order chi connectivity index (χ0) is 15.5. The molecule has 1 aliphatic rings. The number of ether oxygens (including phenoxy) is 1. The SMILES string of the molecule is COc1ccc2c(c1)N=[C]([Pb])N(CC#N)C2c1ccccc1. The Hall–Kier alpha value is -1.88. The van der Waals surface area contributed by atoms with Gasteiger partial charge in [0.15, 0.2) is 0 Å². The maximum atomic E-state index is 9.18. The summed E-state index contributed by atoms with van der Waals surface area (Å²) < 4.78 is 6.29. The first-order chi connectivity index (χ1) is 10.7. The van der Waals surface area contributed by atoms with E-state index in [1.807, 2.05) is 36.4 Å². The fraction of sp³-hybridized carbons (Fsp3) is 0.176. The molecule has 1 aliphatic heterocycles. The van der Waals surface area contributed by atoms with Gasteiger partial charge in [-0.15, -0.1) is 0 Å². The second kappa shape index (κ2) is 6.48. The summed E-state index contributed by atoms with van der Waals surface area (Å²) in [5, 5.41) is 9.18. The molecule has 1 unspecified atom stereocenters. The molecular formula is C17H14N3OPb. The van der Waals surface area contributed by atoms with E-state index in [0.717, 1.165) is 46.2 Å². The fourth-order valence-electron chi connectivity index (χ4n) is 2.68. The van der Waals surface area contributed by atoms with Gasteiger partial charge in [0.05, 0.1) is 0 Å². The van der Waals surface area contributed by atoms with E-state index in [9.17, 15) is 5.26 Å². The second-order valence-corrected chi connectivity index (χ2v) is 6.70. The van der Waals surface area contributed by atoms with Gasteiger partial charge in [-0.25, -0.2) is 0 Å². The fourth-order valence-corrected chi connectivity index (χ4v) is 3.96. The van der Waals surface area contributed by atoms with Crippen LogP contribution in [0.4, 0.5) is 5.69 Å². The van der Waals surface area contributed by atoms with Gasteiger partial charge >= 0.3 is 146 Å². The molecule has 2 aromatic rings. The Balaban J connectivity index is 2.16. The van der Waals surface area contributed by atoms with Crippen LogP contribution in [-0.4, -0.2) is 47.7 Å². The van der Waals surface area contributed by atoms with Crippen LogP contribution in [0, 0.1) is 11.3 Å². The summed E-state index contributed by atoms with van der Waals surface area (Å²) in [6, 6.07) is 18.5. The molecule has 0 saturated carbocycles. The molecule has 22 heavy (non-hydrogen) atoms. The van der Waals surface area contributed by atoms with Crippen LogP contribution < -0.4 is 4.74 Å². The molecular weight excluding hydrogens is 469 g/mol. The average molecular weight is 484 g/mol. The van der Waals surface area contributed by atoms with Crippen LogP contribution in [0.15, 0.2) is 53.5 Å². The van der Waals surface area contributed by atoms with Crippen LogP contribution in [0.5, 0.6) is 5.75 Å². The first kappa shape index (κ1) is 15.0. The number of nitriles is 1. The van der Waals surface area contributed by atoms with E-state index >= 15 is 0 Å². The van der Waals surface area contributed by atoms with E-state index in [1.165, 1.54) is 5.56 Å². The van der Waals surface area contributed by atoms with Crippen molar-refractivity contribution in [1.29, 1.82) is 5.26 Å². The van der Waals surface area contributed by atoms with Crippen molar-refractivity contribution in [1.82, 2.24) is 4.90 Å². The van der Waals surface area contributed by atoms with Gasteiger partial charge in [-0.1, -0.05) is 0 Å². The van der Waals surface area contributed by atoms with Crippen molar-refractivity contribution < 1.29 is 4.74 Å². The van der Waals surface area contributed by atoms with Crippen LogP contribution in [0.3, 0.4) is 0 Å². The van der Waals surface area contributed by atoms with E-state index in [-0.39, 0.29) is 6.04 Å². The van der Waals surface area contributed by atoms with Gasteiger partial charge in [-0.2, -0.15) is 0 Å². The standard InChI is InChI=1S/C17H14N3O.Pb/c1-21-14-7-8-15-16(11-14)19-12-20(10-9-18)17(15)13-5-3-2-4-6-13;/h2-8,11,17H,10H2,1H3;. The average Bonchev–Trinajstić information content (AvgIpc) is 2.56. The molecule has 2 aromatic carbocycles. The van der Waals surface area contributed by atoms with Gasteiger partial charge in [0.25, 0.3) is 0 Å². The van der Waals surface area contributed by atoms with Crippen molar-refractivity contribution >= 4 is 34.8 Å². The molecule has 0 bridgehead atoms. The number of benzene rings is 2. The number of fused-ring (bicyclic) bond motifs is 1. The molecule has 0 amide bonds. The molecule has 5 heteroatoms. The van der Waals surface area contributed by atoms with E-state index in [2.05, 4.69) is 23.1 Å². The number of hydrogen-bond acceptors (Lipinski definition) is 4. The summed E-state index contributed by atoms with van der Waals surface area (Å²) in [5.74, 6) is 0.803. The molecule has 0 saturated heterocycles. The van der Waals surface area contributed by atoms with E-state index < -0.39 is 0 Å². The molecule has 107 valence electrons. The zero-order valence-electron chi connectivity index (χ0n) is 12.2. The third-order valence-electron chi connectivity index (χ3n) is 3.70.